The van der Waals surface area contributed by atoms with Crippen LogP contribution in [0.15, 0.2) is 42.5 Å². The minimum Gasteiger partial charge on any atom is -0.335 e. The lowest BCUT2D eigenvalue weighted by atomic mass is 10.3. The zero-order chi connectivity index (χ0) is 15.5. The molecule has 1 amide bonds. The number of carbonyl (C=O) groups is 1. The minimum atomic E-state index is -0.00897. The van der Waals surface area contributed by atoms with Gasteiger partial charge in [0.25, 0.3) is 0 Å². The van der Waals surface area contributed by atoms with Crippen molar-refractivity contribution < 1.29 is 4.79 Å². The van der Waals surface area contributed by atoms with Crippen molar-refractivity contribution in [3.63, 3.8) is 0 Å². The average Bonchev–Trinajstić information content (AvgIpc) is 3.09. The number of thiazole rings is 1. The lowest BCUT2D eigenvalue weighted by Crippen LogP contribution is -2.23. The fraction of sp³-hybridized carbons (Fsp3) is 0.176. The van der Waals surface area contributed by atoms with Crippen molar-refractivity contribution in [3.8, 4) is 0 Å². The topological polar surface area (TPSA) is 33.2 Å². The molecule has 0 saturated carbocycles. The number of benzene rings is 1. The third kappa shape index (κ3) is 3.43. The molecule has 3 nitrogen and oxygen atoms in total. The van der Waals surface area contributed by atoms with E-state index in [4.69, 9.17) is 0 Å². The molecule has 2 aromatic heterocycles. The second-order valence-electron chi connectivity index (χ2n) is 5.05. The monoisotopic (exact) mass is 328 g/mol. The number of hydrogen-bond acceptors (Lipinski definition) is 4. The summed E-state index contributed by atoms with van der Waals surface area (Å²) in [5.74, 6) is -0.00897. The van der Waals surface area contributed by atoms with Crippen LogP contribution in [0.25, 0.3) is 16.3 Å². The standard InChI is InChI=1S/C17H16N2OS2/c1-12-7-8-13(21-12)9-10-17(20)19(2)11-16-18-14-5-3-4-6-15(14)22-16/h3-10H,11H2,1-2H3/b10-9+. The number of nitrogens with zero attached hydrogens (tertiary/aromatic N) is 2. The van der Waals surface area contributed by atoms with Crippen LogP contribution in [0.4, 0.5) is 0 Å². The molecule has 0 atom stereocenters. The van der Waals surface area contributed by atoms with Gasteiger partial charge in [-0.1, -0.05) is 12.1 Å². The normalized spacial score (nSPS) is 11.4. The number of rotatable bonds is 4. The van der Waals surface area contributed by atoms with Crippen LogP contribution in [0.5, 0.6) is 0 Å². The van der Waals surface area contributed by atoms with E-state index in [1.807, 2.05) is 30.3 Å². The number of likely N-dealkylation sites (N-methyl/N-ethyl adjacent to an activating group) is 1. The van der Waals surface area contributed by atoms with Gasteiger partial charge in [0.05, 0.1) is 16.8 Å². The molecule has 5 heteroatoms. The van der Waals surface area contributed by atoms with Crippen molar-refractivity contribution >= 4 is 44.9 Å². The quantitative estimate of drug-likeness (QED) is 0.668. The molecule has 2 heterocycles. The highest BCUT2D eigenvalue weighted by molar-refractivity contribution is 7.18. The first kappa shape index (κ1) is 14.9. The highest BCUT2D eigenvalue weighted by atomic mass is 32.1. The van der Waals surface area contributed by atoms with Crippen molar-refractivity contribution in [3.05, 3.63) is 57.2 Å². The Morgan fingerprint density at radius 1 is 1.23 bits per heavy atom. The van der Waals surface area contributed by atoms with Gasteiger partial charge in [-0.25, -0.2) is 4.98 Å². The van der Waals surface area contributed by atoms with Crippen LogP contribution in [-0.4, -0.2) is 22.8 Å². The van der Waals surface area contributed by atoms with E-state index in [1.54, 1.807) is 40.7 Å². The van der Waals surface area contributed by atoms with Gasteiger partial charge >= 0.3 is 0 Å². The number of amides is 1. The molecule has 0 aliphatic rings. The Bertz CT molecular complexity index is 799. The number of hydrogen-bond donors (Lipinski definition) is 0. The molecule has 0 N–H and O–H groups in total. The van der Waals surface area contributed by atoms with Gasteiger partial charge in [-0.15, -0.1) is 22.7 Å². The Kier molecular flexibility index (Phi) is 4.36. The highest BCUT2D eigenvalue weighted by Crippen LogP contribution is 2.22. The van der Waals surface area contributed by atoms with Crippen LogP contribution in [0.2, 0.25) is 0 Å². The average molecular weight is 328 g/mol. The van der Waals surface area contributed by atoms with E-state index in [1.165, 1.54) is 4.88 Å². The second kappa shape index (κ2) is 6.42. The Balaban J connectivity index is 1.66. The number of aromatic nitrogens is 1. The molecular formula is C17H16N2OS2. The number of fused-ring (bicyclic) bond motifs is 1. The van der Waals surface area contributed by atoms with Gasteiger partial charge in [0.1, 0.15) is 5.01 Å². The SMILES string of the molecule is Cc1ccc(/C=C/C(=O)N(C)Cc2nc3ccccc3s2)s1. The van der Waals surface area contributed by atoms with Gasteiger partial charge in [-0.05, 0) is 37.3 Å². The fourth-order valence-corrected chi connectivity index (χ4v) is 3.89. The zero-order valence-corrected chi connectivity index (χ0v) is 14.1. The smallest absolute Gasteiger partial charge is 0.246 e. The Morgan fingerprint density at radius 2 is 2.05 bits per heavy atom. The van der Waals surface area contributed by atoms with Crippen molar-refractivity contribution in [2.45, 2.75) is 13.5 Å². The number of para-hydroxylation sites is 1. The van der Waals surface area contributed by atoms with E-state index in [0.717, 1.165) is 20.1 Å². The van der Waals surface area contributed by atoms with Crippen molar-refractivity contribution in [1.82, 2.24) is 9.88 Å². The molecule has 0 bridgehead atoms. The molecule has 112 valence electrons. The summed E-state index contributed by atoms with van der Waals surface area (Å²) in [5.41, 5.74) is 0.993. The maximum atomic E-state index is 12.2. The molecule has 3 aromatic rings. The van der Waals surface area contributed by atoms with Gasteiger partial charge < -0.3 is 4.90 Å². The van der Waals surface area contributed by atoms with E-state index in [2.05, 4.69) is 24.0 Å². The Morgan fingerprint density at radius 3 is 2.77 bits per heavy atom. The molecule has 0 unspecified atom stereocenters. The van der Waals surface area contributed by atoms with Gasteiger partial charge in [-0.2, -0.15) is 0 Å². The lowest BCUT2D eigenvalue weighted by molar-refractivity contribution is -0.125. The summed E-state index contributed by atoms with van der Waals surface area (Å²) in [6, 6.07) is 12.1. The van der Waals surface area contributed by atoms with Gasteiger partial charge in [0.2, 0.25) is 5.91 Å². The summed E-state index contributed by atoms with van der Waals surface area (Å²) in [7, 11) is 1.80. The number of thiophene rings is 1. The molecule has 0 aliphatic carbocycles. The van der Waals surface area contributed by atoms with Crippen LogP contribution < -0.4 is 0 Å². The van der Waals surface area contributed by atoms with Crippen LogP contribution >= 0.6 is 22.7 Å². The van der Waals surface area contributed by atoms with Crippen LogP contribution in [0.1, 0.15) is 14.8 Å². The lowest BCUT2D eigenvalue weighted by Gasteiger charge is -2.12. The van der Waals surface area contributed by atoms with Gasteiger partial charge in [0.15, 0.2) is 0 Å². The highest BCUT2D eigenvalue weighted by Gasteiger charge is 2.09. The molecule has 3 rings (SSSR count). The molecular weight excluding hydrogens is 312 g/mol. The molecule has 0 spiro atoms. The van der Waals surface area contributed by atoms with Crippen LogP contribution in [-0.2, 0) is 11.3 Å². The summed E-state index contributed by atoms with van der Waals surface area (Å²) in [6.07, 6.45) is 3.49. The van der Waals surface area contributed by atoms with Gasteiger partial charge in [-0.3, -0.25) is 4.79 Å². The molecule has 0 fully saturated rings. The first-order valence-electron chi connectivity index (χ1n) is 6.96. The third-order valence-corrected chi connectivity index (χ3v) is 5.23. The van der Waals surface area contributed by atoms with Gasteiger partial charge in [0, 0.05) is 22.9 Å². The first-order chi connectivity index (χ1) is 10.6. The Hall–Kier alpha value is -1.98. The molecule has 1 aromatic carbocycles. The minimum absolute atomic E-state index is 0.00897. The summed E-state index contributed by atoms with van der Waals surface area (Å²) in [5, 5.41) is 0.956. The van der Waals surface area contributed by atoms with E-state index < -0.39 is 0 Å². The van der Waals surface area contributed by atoms with Crippen LogP contribution in [0.3, 0.4) is 0 Å². The predicted octanol–water partition coefficient (Wildman–Crippen LogP) is 4.34. The molecule has 0 radical (unpaired) electrons. The second-order valence-corrected chi connectivity index (χ2v) is 7.49. The molecule has 0 saturated heterocycles. The summed E-state index contributed by atoms with van der Waals surface area (Å²) < 4.78 is 1.16. The van der Waals surface area contributed by atoms with E-state index in [9.17, 15) is 4.79 Å². The number of aryl methyl sites for hydroxylation is 1. The largest absolute Gasteiger partial charge is 0.335 e. The van der Waals surface area contributed by atoms with E-state index in [-0.39, 0.29) is 5.91 Å². The maximum Gasteiger partial charge on any atom is 0.246 e. The summed E-state index contributed by atoms with van der Waals surface area (Å²) in [6.45, 7) is 2.59. The fourth-order valence-electron chi connectivity index (χ4n) is 2.09. The van der Waals surface area contributed by atoms with Crippen molar-refractivity contribution in [1.29, 1.82) is 0 Å². The maximum absolute atomic E-state index is 12.2. The van der Waals surface area contributed by atoms with Crippen LogP contribution in [0, 0.1) is 6.92 Å². The van der Waals surface area contributed by atoms with Crippen molar-refractivity contribution in [2.75, 3.05) is 7.05 Å². The summed E-state index contributed by atoms with van der Waals surface area (Å²) in [4.78, 5) is 20.8. The molecule has 0 aliphatic heterocycles. The van der Waals surface area contributed by atoms with Crippen molar-refractivity contribution in [2.24, 2.45) is 0 Å². The first-order valence-corrected chi connectivity index (χ1v) is 8.59. The molecule has 22 heavy (non-hydrogen) atoms. The van der Waals surface area contributed by atoms with E-state index in [0.29, 0.717) is 6.54 Å². The predicted molar refractivity (Wildman–Crippen MR) is 94.2 cm³/mol. The number of carbonyl (C=O) groups excluding carboxylic acids is 1. The Labute approximate surface area is 137 Å². The zero-order valence-electron chi connectivity index (χ0n) is 12.4. The van der Waals surface area contributed by atoms with E-state index >= 15 is 0 Å². The summed E-state index contributed by atoms with van der Waals surface area (Å²) >= 11 is 3.31. The third-order valence-electron chi connectivity index (χ3n) is 3.24.